The van der Waals surface area contributed by atoms with Gasteiger partial charge in [0.2, 0.25) is 0 Å². The van der Waals surface area contributed by atoms with Crippen molar-refractivity contribution in [2.45, 2.75) is 10.9 Å². The molecule has 0 bridgehead atoms. The molecular formula is C39H28Zr. The second kappa shape index (κ2) is 8.85. The monoisotopic (exact) mass is 586 g/mol. The molecule has 0 amide bonds. The van der Waals surface area contributed by atoms with Crippen molar-refractivity contribution in [1.82, 2.24) is 0 Å². The Hall–Kier alpha value is -3.80. The van der Waals surface area contributed by atoms with E-state index in [1.165, 1.54) is 49.0 Å². The number of fused-ring (bicyclic) bond motifs is 9. The molecule has 0 aromatic heterocycles. The molecular weight excluding hydrogens is 560 g/mol. The number of rotatable bonds is 3. The summed E-state index contributed by atoms with van der Waals surface area (Å²) in [5.41, 5.74) is 9.00. The van der Waals surface area contributed by atoms with E-state index in [4.69, 9.17) is 0 Å². The van der Waals surface area contributed by atoms with Crippen LogP contribution in [0.3, 0.4) is 0 Å². The SMILES string of the molecule is C1=C[CH]([Zr+]([CH]2C=Cc3ccc4ccccc4c32)[CH]2C=Cc3ccc4ccccc4c32)c2c1ccc1ccccc21.[H-]. The van der Waals surface area contributed by atoms with Crippen LogP contribution in [0.5, 0.6) is 0 Å². The first-order valence-electron chi connectivity index (χ1n) is 14.3. The van der Waals surface area contributed by atoms with Gasteiger partial charge in [0, 0.05) is 0 Å². The van der Waals surface area contributed by atoms with Crippen molar-refractivity contribution in [1.29, 1.82) is 0 Å². The van der Waals surface area contributed by atoms with Gasteiger partial charge in [0.15, 0.2) is 0 Å². The number of benzene rings is 6. The summed E-state index contributed by atoms with van der Waals surface area (Å²) in [5.74, 6) is 0. The maximum Gasteiger partial charge on any atom is -1.00 e. The molecule has 3 unspecified atom stereocenters. The molecule has 40 heavy (non-hydrogen) atoms. The molecule has 0 radical (unpaired) electrons. The predicted molar refractivity (Wildman–Crippen MR) is 168 cm³/mol. The minimum absolute atomic E-state index is 0. The molecule has 0 fully saturated rings. The maximum atomic E-state index is 2.60. The fourth-order valence-electron chi connectivity index (χ4n) is 7.72. The Bertz CT molecular complexity index is 1860. The first kappa shape index (κ1) is 23.0. The summed E-state index contributed by atoms with van der Waals surface area (Å²) in [6.45, 7) is 0. The van der Waals surface area contributed by atoms with E-state index in [0.29, 0.717) is 10.9 Å². The van der Waals surface area contributed by atoms with Gasteiger partial charge in [0.05, 0.1) is 0 Å². The normalized spacial score (nSPS) is 19.9. The van der Waals surface area contributed by atoms with Crippen LogP contribution in [0.4, 0.5) is 0 Å². The van der Waals surface area contributed by atoms with Gasteiger partial charge >= 0.3 is 244 Å². The van der Waals surface area contributed by atoms with E-state index < -0.39 is 21.8 Å². The average Bonchev–Trinajstić information content (AvgIpc) is 3.76. The van der Waals surface area contributed by atoms with Crippen LogP contribution < -0.4 is 0 Å². The van der Waals surface area contributed by atoms with Crippen LogP contribution in [-0.2, 0) is 21.8 Å². The van der Waals surface area contributed by atoms with Crippen molar-refractivity contribution < 1.29 is 23.2 Å². The molecule has 3 aliphatic carbocycles. The Morgan fingerprint density at radius 1 is 0.375 bits per heavy atom. The molecule has 0 N–H and O–H groups in total. The van der Waals surface area contributed by atoms with Crippen molar-refractivity contribution in [3.05, 3.63) is 161 Å². The van der Waals surface area contributed by atoms with Crippen molar-refractivity contribution in [2.75, 3.05) is 0 Å². The second-order valence-corrected chi connectivity index (χ2v) is 18.4. The van der Waals surface area contributed by atoms with E-state index in [2.05, 4.69) is 146 Å². The smallest absolute Gasteiger partial charge is 1.00 e. The molecule has 188 valence electrons. The van der Waals surface area contributed by atoms with Gasteiger partial charge in [-0.15, -0.1) is 0 Å². The Morgan fingerprint density at radius 3 is 1.05 bits per heavy atom. The van der Waals surface area contributed by atoms with Gasteiger partial charge in [0.1, 0.15) is 0 Å². The zero-order chi connectivity index (χ0) is 26.2. The summed E-state index contributed by atoms with van der Waals surface area (Å²) < 4.78 is 1.51. The van der Waals surface area contributed by atoms with Crippen LogP contribution >= 0.6 is 0 Å². The minimum Gasteiger partial charge on any atom is -1.00 e. The van der Waals surface area contributed by atoms with Crippen molar-refractivity contribution in [3.63, 3.8) is 0 Å². The Balaban J connectivity index is 0.00000256. The third-order valence-electron chi connectivity index (χ3n) is 9.43. The zero-order valence-electron chi connectivity index (χ0n) is 23.1. The molecule has 6 aromatic carbocycles. The first-order valence-corrected chi connectivity index (χ1v) is 18.6. The molecule has 0 saturated carbocycles. The first-order chi connectivity index (χ1) is 19.8. The van der Waals surface area contributed by atoms with Crippen molar-refractivity contribution >= 4 is 50.5 Å². The molecule has 0 nitrogen and oxygen atoms in total. The number of hydrogen-bond acceptors (Lipinski definition) is 0. The van der Waals surface area contributed by atoms with Gasteiger partial charge in [0.25, 0.3) is 0 Å². The predicted octanol–water partition coefficient (Wildman–Crippen LogP) is 10.5. The van der Waals surface area contributed by atoms with E-state index in [1.807, 2.05) is 0 Å². The molecule has 1 heteroatoms. The van der Waals surface area contributed by atoms with E-state index >= 15 is 0 Å². The molecule has 6 aromatic rings. The van der Waals surface area contributed by atoms with Gasteiger partial charge in [-0.05, 0) is 0 Å². The number of allylic oxidation sites excluding steroid dienone is 3. The largest absolute Gasteiger partial charge is 1.00 e. The standard InChI is InChI=1S/3C13H9.Zr.H/c3*1-2-6-12-10(4-1)8-9-11-5-3-7-13(11)12;;/h3*1-9H;;/q;;;+1;-1. The van der Waals surface area contributed by atoms with Crippen LogP contribution in [0, 0.1) is 0 Å². The zero-order valence-corrected chi connectivity index (χ0v) is 24.5. The molecule has 0 spiro atoms. The van der Waals surface area contributed by atoms with Gasteiger partial charge < -0.3 is 1.43 Å². The van der Waals surface area contributed by atoms with Gasteiger partial charge in [-0.2, -0.15) is 0 Å². The Labute approximate surface area is 244 Å². The molecule has 3 aliphatic rings. The summed E-state index contributed by atoms with van der Waals surface area (Å²) in [6, 6.07) is 41.1. The fraction of sp³-hybridized carbons (Fsp3) is 0.0769. The quantitative estimate of drug-likeness (QED) is 0.193. The van der Waals surface area contributed by atoms with E-state index in [9.17, 15) is 0 Å². The minimum atomic E-state index is -2.53. The fourth-order valence-corrected chi connectivity index (χ4v) is 17.8. The van der Waals surface area contributed by atoms with Crippen LogP contribution in [0.1, 0.15) is 45.7 Å². The summed E-state index contributed by atoms with van der Waals surface area (Å²) in [7, 11) is 0. The van der Waals surface area contributed by atoms with E-state index in [0.717, 1.165) is 0 Å². The molecule has 0 saturated heterocycles. The third-order valence-corrected chi connectivity index (χ3v) is 18.3. The van der Waals surface area contributed by atoms with Gasteiger partial charge in [-0.3, -0.25) is 0 Å². The van der Waals surface area contributed by atoms with Crippen LogP contribution in [-0.4, -0.2) is 0 Å². The summed E-state index contributed by atoms with van der Waals surface area (Å²) >= 11 is -2.53. The second-order valence-electron chi connectivity index (χ2n) is 11.4. The van der Waals surface area contributed by atoms with Crippen LogP contribution in [0.2, 0.25) is 0 Å². The van der Waals surface area contributed by atoms with Crippen molar-refractivity contribution in [3.8, 4) is 0 Å². The van der Waals surface area contributed by atoms with E-state index in [-0.39, 0.29) is 1.43 Å². The summed E-state index contributed by atoms with van der Waals surface area (Å²) in [6.07, 6.45) is 15.1. The topological polar surface area (TPSA) is 0 Å². The van der Waals surface area contributed by atoms with Gasteiger partial charge in [-0.1, -0.05) is 0 Å². The molecule has 0 aliphatic heterocycles. The van der Waals surface area contributed by atoms with Crippen molar-refractivity contribution in [2.24, 2.45) is 0 Å². The molecule has 0 heterocycles. The number of hydrogen-bond donors (Lipinski definition) is 0. The summed E-state index contributed by atoms with van der Waals surface area (Å²) in [4.78, 5) is 0. The summed E-state index contributed by atoms with van der Waals surface area (Å²) in [5, 5.41) is 8.39. The average molecular weight is 588 g/mol. The third kappa shape index (κ3) is 3.28. The Kier molecular flexibility index (Phi) is 5.08. The Morgan fingerprint density at radius 2 is 0.700 bits per heavy atom. The van der Waals surface area contributed by atoms with Crippen LogP contribution in [0.15, 0.2) is 127 Å². The molecule has 3 atom stereocenters. The molecule has 9 rings (SSSR count). The van der Waals surface area contributed by atoms with Gasteiger partial charge in [-0.25, -0.2) is 0 Å². The van der Waals surface area contributed by atoms with E-state index in [1.54, 1.807) is 16.7 Å². The van der Waals surface area contributed by atoms with Crippen LogP contribution in [0.25, 0.3) is 50.5 Å². The maximum absolute atomic E-state index is 2.60.